The number of hydrogen-bond donors (Lipinski definition) is 0. The lowest BCUT2D eigenvalue weighted by atomic mass is 9.93. The van der Waals surface area contributed by atoms with Gasteiger partial charge in [-0.15, -0.1) is 0 Å². The van der Waals surface area contributed by atoms with E-state index in [1.807, 2.05) is 6.20 Å². The fraction of sp³-hybridized carbons (Fsp3) is 0.438. The van der Waals surface area contributed by atoms with E-state index in [0.717, 1.165) is 19.2 Å². The zero-order chi connectivity index (χ0) is 18.2. The van der Waals surface area contributed by atoms with Crippen molar-refractivity contribution in [2.75, 3.05) is 24.2 Å². The minimum Gasteiger partial charge on any atom is -0.369 e. The molecule has 134 valence electrons. The molecule has 1 aliphatic heterocycles. The van der Waals surface area contributed by atoms with Crippen LogP contribution in [0.2, 0.25) is 0 Å². The minimum absolute atomic E-state index is 0.216. The maximum absolute atomic E-state index is 12.0. The number of rotatable bonds is 4. The summed E-state index contributed by atoms with van der Waals surface area (Å²) in [4.78, 5) is 16.4. The highest BCUT2D eigenvalue weighted by molar-refractivity contribution is 7.90. The Morgan fingerprint density at radius 3 is 2.72 bits per heavy atom. The van der Waals surface area contributed by atoms with Gasteiger partial charge >= 0.3 is 0 Å². The Hall–Kier alpha value is -2.42. The Labute approximate surface area is 146 Å². The van der Waals surface area contributed by atoms with Crippen LogP contribution in [0.3, 0.4) is 0 Å². The van der Waals surface area contributed by atoms with Crippen molar-refractivity contribution in [3.05, 3.63) is 47.0 Å². The van der Waals surface area contributed by atoms with Crippen molar-refractivity contribution < 1.29 is 13.3 Å². The van der Waals surface area contributed by atoms with Gasteiger partial charge in [-0.25, -0.2) is 13.4 Å². The summed E-state index contributed by atoms with van der Waals surface area (Å²) < 4.78 is 26.0. The van der Waals surface area contributed by atoms with E-state index in [4.69, 9.17) is 0 Å². The second kappa shape index (κ2) is 6.47. The van der Waals surface area contributed by atoms with Gasteiger partial charge in [0.25, 0.3) is 5.69 Å². The zero-order valence-electron chi connectivity index (χ0n) is 14.1. The SMILES string of the molecule is CC1CCN(c2ccc([N+](=O)[O-])c(S(C)(=O)=O)c2)CC1n1ccnc1. The molecule has 1 aromatic heterocycles. The van der Waals surface area contributed by atoms with E-state index >= 15 is 0 Å². The largest absolute Gasteiger partial charge is 0.369 e. The minimum atomic E-state index is -3.69. The zero-order valence-corrected chi connectivity index (χ0v) is 14.9. The molecule has 0 bridgehead atoms. The van der Waals surface area contributed by atoms with Crippen molar-refractivity contribution in [3.8, 4) is 0 Å². The number of nitrogens with zero attached hydrogens (tertiary/aromatic N) is 4. The molecular weight excluding hydrogens is 344 g/mol. The van der Waals surface area contributed by atoms with Gasteiger partial charge in [0, 0.05) is 43.5 Å². The fourth-order valence-corrected chi connectivity index (χ4v) is 4.14. The Morgan fingerprint density at radius 1 is 1.36 bits per heavy atom. The number of nitro benzene ring substituents is 1. The molecule has 1 saturated heterocycles. The molecule has 3 rings (SSSR count). The standard InChI is InChI=1S/C16H20N4O4S/c1-12-5-7-18(10-15(12)19-8-6-17-11-19)13-3-4-14(20(21)22)16(9-13)25(2,23)24/h3-4,6,8-9,11-12,15H,5,7,10H2,1-2H3. The lowest BCUT2D eigenvalue weighted by molar-refractivity contribution is -0.387. The summed E-state index contributed by atoms with van der Waals surface area (Å²) in [5, 5.41) is 11.1. The molecule has 1 aromatic carbocycles. The van der Waals surface area contributed by atoms with Crippen molar-refractivity contribution in [2.24, 2.45) is 5.92 Å². The Balaban J connectivity index is 1.95. The van der Waals surface area contributed by atoms with E-state index in [1.165, 1.54) is 12.1 Å². The molecule has 9 heteroatoms. The molecule has 8 nitrogen and oxygen atoms in total. The van der Waals surface area contributed by atoms with E-state index in [1.54, 1.807) is 18.6 Å². The first-order chi connectivity index (χ1) is 11.8. The first-order valence-electron chi connectivity index (χ1n) is 7.98. The average Bonchev–Trinajstić information content (AvgIpc) is 3.08. The number of aromatic nitrogens is 2. The number of hydrogen-bond acceptors (Lipinski definition) is 6. The Morgan fingerprint density at radius 2 is 2.12 bits per heavy atom. The number of piperidine rings is 1. The first-order valence-corrected chi connectivity index (χ1v) is 9.87. The average molecular weight is 364 g/mol. The topological polar surface area (TPSA) is 98.3 Å². The molecule has 0 amide bonds. The molecule has 2 unspecified atom stereocenters. The van der Waals surface area contributed by atoms with Crippen LogP contribution < -0.4 is 4.90 Å². The van der Waals surface area contributed by atoms with Crippen molar-refractivity contribution in [1.29, 1.82) is 0 Å². The second-order valence-electron chi connectivity index (χ2n) is 6.47. The summed E-state index contributed by atoms with van der Waals surface area (Å²) in [5.41, 5.74) is 0.297. The summed E-state index contributed by atoms with van der Waals surface area (Å²) in [6.45, 7) is 3.64. The predicted molar refractivity (Wildman–Crippen MR) is 93.5 cm³/mol. The van der Waals surface area contributed by atoms with Crippen LogP contribution in [-0.2, 0) is 9.84 Å². The van der Waals surface area contributed by atoms with Gasteiger partial charge in [-0.1, -0.05) is 6.92 Å². The van der Waals surface area contributed by atoms with E-state index in [2.05, 4.69) is 21.4 Å². The molecule has 2 heterocycles. The van der Waals surface area contributed by atoms with Crippen LogP contribution in [0.5, 0.6) is 0 Å². The second-order valence-corrected chi connectivity index (χ2v) is 8.45. The predicted octanol–water partition coefficient (Wildman–Crippen LogP) is 2.28. The van der Waals surface area contributed by atoms with Crippen LogP contribution >= 0.6 is 0 Å². The van der Waals surface area contributed by atoms with E-state index in [0.29, 0.717) is 18.2 Å². The molecule has 2 aromatic rings. The molecule has 0 saturated carbocycles. The highest BCUT2D eigenvalue weighted by Crippen LogP contribution is 2.34. The van der Waals surface area contributed by atoms with Gasteiger partial charge in [0.05, 0.1) is 17.3 Å². The summed E-state index contributed by atoms with van der Waals surface area (Å²) in [6, 6.07) is 4.52. The van der Waals surface area contributed by atoms with Crippen molar-refractivity contribution in [1.82, 2.24) is 9.55 Å². The first kappa shape index (κ1) is 17.4. The molecule has 0 spiro atoms. The molecule has 1 fully saturated rings. The van der Waals surface area contributed by atoms with Gasteiger partial charge in [0.2, 0.25) is 0 Å². The number of anilines is 1. The van der Waals surface area contributed by atoms with Gasteiger partial charge < -0.3 is 9.47 Å². The van der Waals surface area contributed by atoms with Crippen molar-refractivity contribution in [2.45, 2.75) is 24.3 Å². The normalized spacial score (nSPS) is 21.3. The number of sulfone groups is 1. The third-order valence-corrected chi connectivity index (χ3v) is 5.86. The molecule has 0 radical (unpaired) electrons. The number of imidazole rings is 1. The Bertz CT molecular complexity index is 880. The van der Waals surface area contributed by atoms with E-state index in [-0.39, 0.29) is 16.6 Å². The van der Waals surface area contributed by atoms with Crippen molar-refractivity contribution in [3.63, 3.8) is 0 Å². The molecule has 0 aliphatic carbocycles. The summed E-state index contributed by atoms with van der Waals surface area (Å²) in [6.07, 6.45) is 7.36. The highest BCUT2D eigenvalue weighted by atomic mass is 32.2. The maximum Gasteiger partial charge on any atom is 0.288 e. The molecule has 1 aliphatic rings. The van der Waals surface area contributed by atoms with E-state index in [9.17, 15) is 18.5 Å². The third-order valence-electron chi connectivity index (χ3n) is 4.73. The Kier molecular flexibility index (Phi) is 4.51. The van der Waals surface area contributed by atoms with Gasteiger partial charge in [0.1, 0.15) is 4.90 Å². The third kappa shape index (κ3) is 3.51. The smallest absolute Gasteiger partial charge is 0.288 e. The summed E-state index contributed by atoms with van der Waals surface area (Å²) in [7, 11) is -3.69. The highest BCUT2D eigenvalue weighted by Gasteiger charge is 2.29. The van der Waals surface area contributed by atoms with Crippen LogP contribution in [0.15, 0.2) is 41.8 Å². The van der Waals surface area contributed by atoms with Crippen LogP contribution in [0.4, 0.5) is 11.4 Å². The number of benzene rings is 1. The maximum atomic E-state index is 12.0. The van der Waals surface area contributed by atoms with E-state index < -0.39 is 14.8 Å². The molecule has 2 atom stereocenters. The molecular formula is C16H20N4O4S. The summed E-state index contributed by atoms with van der Waals surface area (Å²) >= 11 is 0. The number of nitro groups is 1. The van der Waals surface area contributed by atoms with Crippen LogP contribution in [-0.4, -0.2) is 42.2 Å². The van der Waals surface area contributed by atoms with Gasteiger partial charge in [-0.2, -0.15) is 0 Å². The molecule has 0 N–H and O–H groups in total. The lowest BCUT2D eigenvalue weighted by Gasteiger charge is -2.39. The van der Waals surface area contributed by atoms with Crippen LogP contribution in [0.1, 0.15) is 19.4 Å². The lowest BCUT2D eigenvalue weighted by Crippen LogP contribution is -2.40. The van der Waals surface area contributed by atoms with Crippen LogP contribution in [0, 0.1) is 16.0 Å². The quantitative estimate of drug-likeness (QED) is 0.610. The van der Waals surface area contributed by atoms with Crippen molar-refractivity contribution >= 4 is 21.2 Å². The van der Waals surface area contributed by atoms with Gasteiger partial charge in [0.15, 0.2) is 9.84 Å². The summed E-state index contributed by atoms with van der Waals surface area (Å²) in [5.74, 6) is 0.456. The monoisotopic (exact) mass is 364 g/mol. The molecule has 25 heavy (non-hydrogen) atoms. The van der Waals surface area contributed by atoms with Crippen LogP contribution in [0.25, 0.3) is 0 Å². The van der Waals surface area contributed by atoms with Gasteiger partial charge in [-0.05, 0) is 24.5 Å². The fourth-order valence-electron chi connectivity index (χ4n) is 3.28. The van der Waals surface area contributed by atoms with Gasteiger partial charge in [-0.3, -0.25) is 10.1 Å².